The van der Waals surface area contributed by atoms with Gasteiger partial charge >= 0.3 is 7.12 Å². The van der Waals surface area contributed by atoms with Crippen LogP contribution < -0.4 is 5.32 Å². The lowest BCUT2D eigenvalue weighted by atomic mass is 9.95. The van der Waals surface area contributed by atoms with Gasteiger partial charge in [-0.3, -0.25) is 0 Å². The van der Waals surface area contributed by atoms with Crippen molar-refractivity contribution >= 4 is 7.12 Å². The topological polar surface area (TPSA) is 30.5 Å². The maximum Gasteiger partial charge on any atom is 0.454 e. The summed E-state index contributed by atoms with van der Waals surface area (Å²) >= 11 is 0. The molecule has 0 aromatic carbocycles. The standard InChI is InChI=1S/C7H12BNO2.C2H6/c1-8-10-6-4-2-3-5(9-4)7(6)11-8;1-2/h4-7,9H,2-3H2,1H3;1-2H3. The molecule has 3 nitrogen and oxygen atoms in total. The number of rotatable bonds is 0. The van der Waals surface area contributed by atoms with Crippen LogP contribution in [0, 0.1) is 0 Å². The van der Waals surface area contributed by atoms with E-state index in [1.165, 1.54) is 12.8 Å². The molecule has 3 fully saturated rings. The summed E-state index contributed by atoms with van der Waals surface area (Å²) in [7, 11) is 0.0233. The van der Waals surface area contributed by atoms with Gasteiger partial charge in [-0.05, 0) is 19.7 Å². The average Bonchev–Trinajstić information content (AvgIpc) is 2.77. The smallest absolute Gasteiger partial charge is 0.404 e. The van der Waals surface area contributed by atoms with E-state index in [0.29, 0.717) is 24.3 Å². The molecule has 3 heterocycles. The van der Waals surface area contributed by atoms with Gasteiger partial charge in [0.2, 0.25) is 0 Å². The molecule has 74 valence electrons. The maximum absolute atomic E-state index is 5.63. The lowest BCUT2D eigenvalue weighted by Crippen LogP contribution is -2.33. The molecule has 0 aromatic heterocycles. The molecule has 4 heteroatoms. The zero-order valence-electron chi connectivity index (χ0n) is 8.62. The maximum atomic E-state index is 5.63. The van der Waals surface area contributed by atoms with E-state index in [2.05, 4.69) is 5.32 Å². The third-order valence-corrected chi connectivity index (χ3v) is 3.03. The highest BCUT2D eigenvalue weighted by molar-refractivity contribution is 6.43. The number of nitrogens with one attached hydrogen (secondary N) is 1. The van der Waals surface area contributed by atoms with Crippen molar-refractivity contribution in [3.8, 4) is 0 Å². The monoisotopic (exact) mass is 183 g/mol. The van der Waals surface area contributed by atoms with Crippen LogP contribution in [0.15, 0.2) is 0 Å². The molecule has 0 aromatic rings. The largest absolute Gasteiger partial charge is 0.454 e. The van der Waals surface area contributed by atoms with Gasteiger partial charge in [-0.15, -0.1) is 0 Å². The third kappa shape index (κ3) is 1.41. The van der Waals surface area contributed by atoms with Crippen molar-refractivity contribution in [2.24, 2.45) is 0 Å². The Balaban J connectivity index is 0.000000308. The molecular weight excluding hydrogens is 165 g/mol. The van der Waals surface area contributed by atoms with Crippen LogP contribution in [0.3, 0.4) is 0 Å². The summed E-state index contributed by atoms with van der Waals surface area (Å²) in [5, 5.41) is 3.50. The molecule has 4 unspecified atom stereocenters. The van der Waals surface area contributed by atoms with Crippen molar-refractivity contribution in [2.75, 3.05) is 0 Å². The summed E-state index contributed by atoms with van der Waals surface area (Å²) in [6.07, 6.45) is 3.23. The van der Waals surface area contributed by atoms with E-state index in [0.717, 1.165) is 0 Å². The van der Waals surface area contributed by atoms with Gasteiger partial charge in [0, 0.05) is 12.1 Å². The Labute approximate surface area is 80.3 Å². The molecule has 3 rings (SSSR count). The summed E-state index contributed by atoms with van der Waals surface area (Å²) in [4.78, 5) is 0. The molecule has 13 heavy (non-hydrogen) atoms. The van der Waals surface area contributed by atoms with Crippen molar-refractivity contribution < 1.29 is 9.31 Å². The van der Waals surface area contributed by atoms with Gasteiger partial charge in [0.15, 0.2) is 0 Å². The first-order valence-corrected chi connectivity index (χ1v) is 5.41. The minimum absolute atomic E-state index is 0.0233. The Morgan fingerprint density at radius 2 is 1.54 bits per heavy atom. The molecule has 3 aliphatic rings. The SMILES string of the molecule is CB1OC2C3CCC(N3)C2O1.CC. The van der Waals surface area contributed by atoms with E-state index < -0.39 is 0 Å². The van der Waals surface area contributed by atoms with Gasteiger partial charge in [-0.2, -0.15) is 0 Å². The summed E-state index contributed by atoms with van der Waals surface area (Å²) < 4.78 is 11.3. The van der Waals surface area contributed by atoms with Crippen LogP contribution in [0.4, 0.5) is 0 Å². The fraction of sp³-hybridized carbons (Fsp3) is 1.00. The highest BCUT2D eigenvalue weighted by Gasteiger charge is 2.53. The van der Waals surface area contributed by atoms with E-state index in [-0.39, 0.29) is 7.12 Å². The molecule has 4 atom stereocenters. The summed E-state index contributed by atoms with van der Waals surface area (Å²) in [6, 6.07) is 1.16. The highest BCUT2D eigenvalue weighted by atomic mass is 16.7. The second kappa shape index (κ2) is 3.60. The second-order valence-corrected chi connectivity index (χ2v) is 3.73. The van der Waals surface area contributed by atoms with Crippen molar-refractivity contribution in [1.29, 1.82) is 0 Å². The molecule has 0 radical (unpaired) electrons. The van der Waals surface area contributed by atoms with E-state index in [9.17, 15) is 0 Å². The minimum Gasteiger partial charge on any atom is -0.404 e. The first-order chi connectivity index (χ1) is 6.34. The fourth-order valence-corrected chi connectivity index (χ4v) is 2.60. The fourth-order valence-electron chi connectivity index (χ4n) is 2.60. The average molecular weight is 183 g/mol. The minimum atomic E-state index is 0.0233. The number of hydrogen-bond donors (Lipinski definition) is 1. The van der Waals surface area contributed by atoms with E-state index in [4.69, 9.17) is 9.31 Å². The molecule has 3 aliphatic heterocycles. The predicted octanol–water partition coefficient (Wildman–Crippen LogP) is 1.05. The van der Waals surface area contributed by atoms with Crippen molar-refractivity contribution in [1.82, 2.24) is 5.32 Å². The zero-order valence-corrected chi connectivity index (χ0v) is 8.62. The van der Waals surface area contributed by atoms with E-state index in [1.54, 1.807) is 0 Å². The zero-order chi connectivity index (χ0) is 9.42. The molecule has 2 bridgehead atoms. The van der Waals surface area contributed by atoms with E-state index >= 15 is 0 Å². The molecule has 3 saturated heterocycles. The molecular formula is C9H18BNO2. The highest BCUT2D eigenvalue weighted by Crippen LogP contribution is 2.37. The van der Waals surface area contributed by atoms with Gasteiger partial charge < -0.3 is 14.6 Å². The van der Waals surface area contributed by atoms with Crippen LogP contribution in [0.2, 0.25) is 6.82 Å². The first-order valence-electron chi connectivity index (χ1n) is 5.41. The van der Waals surface area contributed by atoms with Crippen LogP contribution >= 0.6 is 0 Å². The summed E-state index contributed by atoms with van der Waals surface area (Å²) in [5.41, 5.74) is 0. The number of hydrogen-bond acceptors (Lipinski definition) is 3. The summed E-state index contributed by atoms with van der Waals surface area (Å²) in [5.74, 6) is 0. The summed E-state index contributed by atoms with van der Waals surface area (Å²) in [6.45, 7) is 5.98. The Morgan fingerprint density at radius 1 is 1.08 bits per heavy atom. The molecule has 0 aliphatic carbocycles. The van der Waals surface area contributed by atoms with Gasteiger partial charge in [-0.1, -0.05) is 13.8 Å². The third-order valence-electron chi connectivity index (χ3n) is 3.03. The normalized spacial score (nSPS) is 45.9. The van der Waals surface area contributed by atoms with Gasteiger partial charge in [-0.25, -0.2) is 0 Å². The van der Waals surface area contributed by atoms with Crippen LogP contribution in [0.1, 0.15) is 26.7 Å². The van der Waals surface area contributed by atoms with Gasteiger partial charge in [0.05, 0.1) is 12.2 Å². The first kappa shape index (κ1) is 9.50. The van der Waals surface area contributed by atoms with Crippen LogP contribution in [0.5, 0.6) is 0 Å². The van der Waals surface area contributed by atoms with Crippen molar-refractivity contribution in [2.45, 2.75) is 57.8 Å². The quantitative estimate of drug-likeness (QED) is 0.569. The van der Waals surface area contributed by atoms with Crippen LogP contribution in [0.25, 0.3) is 0 Å². The van der Waals surface area contributed by atoms with Gasteiger partial charge in [0.25, 0.3) is 0 Å². The van der Waals surface area contributed by atoms with Crippen LogP contribution in [-0.2, 0) is 9.31 Å². The molecule has 1 N–H and O–H groups in total. The van der Waals surface area contributed by atoms with Gasteiger partial charge in [0.1, 0.15) is 0 Å². The van der Waals surface area contributed by atoms with E-state index in [1.807, 2.05) is 20.7 Å². The lowest BCUT2D eigenvalue weighted by Gasteiger charge is -2.20. The second-order valence-electron chi connectivity index (χ2n) is 3.73. The number of fused-ring (bicyclic) bond motifs is 5. The van der Waals surface area contributed by atoms with Crippen molar-refractivity contribution in [3.63, 3.8) is 0 Å². The Bertz CT molecular complexity index is 172. The molecule has 0 saturated carbocycles. The Hall–Kier alpha value is -0.0551. The molecule has 0 spiro atoms. The molecule has 0 amide bonds. The van der Waals surface area contributed by atoms with Crippen molar-refractivity contribution in [3.05, 3.63) is 0 Å². The van der Waals surface area contributed by atoms with Crippen LogP contribution in [-0.4, -0.2) is 31.4 Å². The Kier molecular flexibility index (Phi) is 2.63. The lowest BCUT2D eigenvalue weighted by molar-refractivity contribution is 0.139. The Morgan fingerprint density at radius 3 is 2.00 bits per heavy atom. The predicted molar refractivity (Wildman–Crippen MR) is 52.7 cm³/mol.